The van der Waals surface area contributed by atoms with Crippen LogP contribution in [0.5, 0.6) is 0 Å². The quantitative estimate of drug-likeness (QED) is 0.776. The van der Waals surface area contributed by atoms with E-state index in [0.717, 1.165) is 36.8 Å². The number of hydrogen-bond donors (Lipinski definition) is 1. The van der Waals surface area contributed by atoms with E-state index in [4.69, 9.17) is 0 Å². The number of hydrogen-bond acceptors (Lipinski definition) is 3. The second-order valence-corrected chi connectivity index (χ2v) is 9.74. The zero-order valence-electron chi connectivity index (χ0n) is 16.3. The first-order chi connectivity index (χ1) is 13.3. The van der Waals surface area contributed by atoms with E-state index in [-0.39, 0.29) is 22.9 Å². The van der Waals surface area contributed by atoms with Crippen LogP contribution in [0.25, 0.3) is 0 Å². The predicted molar refractivity (Wildman–Crippen MR) is 109 cm³/mol. The van der Waals surface area contributed by atoms with Gasteiger partial charge in [0.05, 0.1) is 4.90 Å². The highest BCUT2D eigenvalue weighted by atomic mass is 32.2. The topological polar surface area (TPSA) is 66.5 Å². The van der Waals surface area contributed by atoms with Crippen LogP contribution in [-0.4, -0.2) is 31.3 Å². The Morgan fingerprint density at radius 2 is 1.71 bits per heavy atom. The number of rotatable bonds is 7. The lowest BCUT2D eigenvalue weighted by atomic mass is 10.1. The van der Waals surface area contributed by atoms with E-state index in [1.165, 1.54) is 11.6 Å². The van der Waals surface area contributed by atoms with Gasteiger partial charge in [0.25, 0.3) is 5.91 Å². The van der Waals surface area contributed by atoms with Gasteiger partial charge in [-0.2, -0.15) is 0 Å². The van der Waals surface area contributed by atoms with Gasteiger partial charge in [-0.1, -0.05) is 35.9 Å². The van der Waals surface area contributed by atoms with Gasteiger partial charge in [0.15, 0.2) is 0 Å². The highest BCUT2D eigenvalue weighted by Crippen LogP contribution is 2.31. The van der Waals surface area contributed by atoms with Gasteiger partial charge in [0.2, 0.25) is 10.0 Å². The van der Waals surface area contributed by atoms with Crippen LogP contribution in [0.2, 0.25) is 0 Å². The SMILES string of the molecule is Cc1ccc(CN(C(=O)c2cc(S(=O)(=O)NC3CC3)ccc2C)C2CC2)cc1. The molecular formula is C22H26N2O3S. The van der Waals surface area contributed by atoms with Crippen molar-refractivity contribution in [1.29, 1.82) is 0 Å². The average Bonchev–Trinajstić information content (AvgIpc) is 3.56. The van der Waals surface area contributed by atoms with Crippen molar-refractivity contribution < 1.29 is 13.2 Å². The molecule has 0 atom stereocenters. The molecule has 2 aromatic rings. The van der Waals surface area contributed by atoms with Crippen LogP contribution in [0.3, 0.4) is 0 Å². The molecule has 28 heavy (non-hydrogen) atoms. The molecule has 2 aliphatic carbocycles. The molecule has 0 aromatic heterocycles. The zero-order valence-corrected chi connectivity index (χ0v) is 17.1. The largest absolute Gasteiger partial charge is 0.331 e. The lowest BCUT2D eigenvalue weighted by Gasteiger charge is -2.24. The number of nitrogens with one attached hydrogen (secondary N) is 1. The molecule has 0 saturated heterocycles. The molecule has 0 heterocycles. The second kappa shape index (κ2) is 7.33. The van der Waals surface area contributed by atoms with Gasteiger partial charge in [0.1, 0.15) is 0 Å². The van der Waals surface area contributed by atoms with Gasteiger partial charge in [-0.15, -0.1) is 0 Å². The summed E-state index contributed by atoms with van der Waals surface area (Å²) in [6, 6.07) is 13.3. The first-order valence-electron chi connectivity index (χ1n) is 9.83. The number of sulfonamides is 1. The number of nitrogens with zero attached hydrogens (tertiary/aromatic N) is 1. The third-order valence-electron chi connectivity index (χ3n) is 5.37. The van der Waals surface area contributed by atoms with Gasteiger partial charge in [-0.05, 0) is 62.8 Å². The molecule has 2 saturated carbocycles. The highest BCUT2D eigenvalue weighted by molar-refractivity contribution is 7.89. The maximum absolute atomic E-state index is 13.3. The number of carbonyl (C=O) groups excluding carboxylic acids is 1. The average molecular weight is 399 g/mol. The van der Waals surface area contributed by atoms with Crippen LogP contribution in [0.15, 0.2) is 47.4 Å². The number of amides is 1. The molecule has 6 heteroatoms. The van der Waals surface area contributed by atoms with Gasteiger partial charge < -0.3 is 4.90 Å². The van der Waals surface area contributed by atoms with Crippen molar-refractivity contribution in [3.05, 3.63) is 64.7 Å². The van der Waals surface area contributed by atoms with Crippen LogP contribution in [0.1, 0.15) is 52.7 Å². The molecule has 0 spiro atoms. The van der Waals surface area contributed by atoms with E-state index in [1.807, 2.05) is 43.0 Å². The Morgan fingerprint density at radius 1 is 1.04 bits per heavy atom. The first-order valence-corrected chi connectivity index (χ1v) is 11.3. The van der Waals surface area contributed by atoms with E-state index < -0.39 is 10.0 Å². The summed E-state index contributed by atoms with van der Waals surface area (Å²) in [6.45, 7) is 4.44. The molecule has 2 aromatic carbocycles. The molecule has 5 nitrogen and oxygen atoms in total. The minimum Gasteiger partial charge on any atom is -0.331 e. The summed E-state index contributed by atoms with van der Waals surface area (Å²) in [5.74, 6) is -0.0935. The highest BCUT2D eigenvalue weighted by Gasteiger charge is 2.34. The van der Waals surface area contributed by atoms with E-state index in [1.54, 1.807) is 12.1 Å². The summed E-state index contributed by atoms with van der Waals surface area (Å²) in [7, 11) is -3.58. The Morgan fingerprint density at radius 3 is 2.32 bits per heavy atom. The lowest BCUT2D eigenvalue weighted by Crippen LogP contribution is -2.33. The summed E-state index contributed by atoms with van der Waals surface area (Å²) in [5, 5.41) is 0. The minimum absolute atomic E-state index is 0.0370. The van der Waals surface area contributed by atoms with Crippen molar-refractivity contribution in [2.24, 2.45) is 0 Å². The number of benzene rings is 2. The number of carbonyl (C=O) groups is 1. The Bertz CT molecular complexity index is 991. The standard InChI is InChI=1S/C22H26N2O3S/c1-15-3-6-17(7-4-15)14-24(19-10-11-19)22(25)21-13-20(12-5-16(21)2)28(26,27)23-18-8-9-18/h3-7,12-13,18-19,23H,8-11,14H2,1-2H3. The Hall–Kier alpha value is -2.18. The first kappa shape index (κ1) is 19.2. The monoisotopic (exact) mass is 398 g/mol. The van der Waals surface area contributed by atoms with Crippen LogP contribution >= 0.6 is 0 Å². The summed E-state index contributed by atoms with van der Waals surface area (Å²) >= 11 is 0. The van der Waals surface area contributed by atoms with Gasteiger partial charge in [-0.25, -0.2) is 13.1 Å². The van der Waals surface area contributed by atoms with Crippen LogP contribution in [-0.2, 0) is 16.6 Å². The third-order valence-corrected chi connectivity index (χ3v) is 6.89. The van der Waals surface area contributed by atoms with E-state index in [2.05, 4.69) is 4.72 Å². The number of aryl methyl sites for hydroxylation is 2. The molecule has 4 rings (SSSR count). The van der Waals surface area contributed by atoms with Crippen molar-refractivity contribution in [2.45, 2.75) is 63.1 Å². The summed E-state index contributed by atoms with van der Waals surface area (Å²) in [4.78, 5) is 15.4. The Labute approximate surface area is 166 Å². The fraction of sp³-hybridized carbons (Fsp3) is 0.409. The second-order valence-electron chi connectivity index (χ2n) is 8.02. The van der Waals surface area contributed by atoms with Gasteiger partial charge in [-0.3, -0.25) is 4.79 Å². The smallest absolute Gasteiger partial charge is 0.254 e. The minimum atomic E-state index is -3.58. The predicted octanol–water partition coefficient (Wildman–Crippen LogP) is 3.55. The molecular weight excluding hydrogens is 372 g/mol. The van der Waals surface area contributed by atoms with Gasteiger partial charge >= 0.3 is 0 Å². The fourth-order valence-corrected chi connectivity index (χ4v) is 4.62. The molecule has 1 N–H and O–H groups in total. The Balaban J connectivity index is 1.61. The van der Waals surface area contributed by atoms with E-state index in [0.29, 0.717) is 12.1 Å². The normalized spacial score (nSPS) is 16.8. The van der Waals surface area contributed by atoms with Gasteiger partial charge in [0, 0.05) is 24.2 Å². The summed E-state index contributed by atoms with van der Waals surface area (Å²) in [5.41, 5.74) is 3.54. The molecule has 0 bridgehead atoms. The van der Waals surface area contributed by atoms with Crippen LogP contribution in [0.4, 0.5) is 0 Å². The molecule has 2 fully saturated rings. The third kappa shape index (κ3) is 4.28. The van der Waals surface area contributed by atoms with Crippen LogP contribution in [0, 0.1) is 13.8 Å². The van der Waals surface area contributed by atoms with Crippen molar-refractivity contribution in [2.75, 3.05) is 0 Å². The maximum atomic E-state index is 13.3. The van der Waals surface area contributed by atoms with Crippen molar-refractivity contribution in [1.82, 2.24) is 9.62 Å². The van der Waals surface area contributed by atoms with E-state index in [9.17, 15) is 13.2 Å². The van der Waals surface area contributed by atoms with Crippen molar-refractivity contribution >= 4 is 15.9 Å². The summed E-state index contributed by atoms with van der Waals surface area (Å²) < 4.78 is 27.8. The molecule has 0 aliphatic heterocycles. The molecule has 2 aliphatic rings. The summed E-state index contributed by atoms with van der Waals surface area (Å²) in [6.07, 6.45) is 3.75. The van der Waals surface area contributed by atoms with E-state index >= 15 is 0 Å². The maximum Gasteiger partial charge on any atom is 0.254 e. The Kier molecular flexibility index (Phi) is 5.02. The zero-order chi connectivity index (χ0) is 19.9. The molecule has 0 unspecified atom stereocenters. The molecule has 0 radical (unpaired) electrons. The molecule has 1 amide bonds. The molecule has 148 valence electrons. The van der Waals surface area contributed by atoms with Crippen LogP contribution < -0.4 is 4.72 Å². The fourth-order valence-electron chi connectivity index (χ4n) is 3.29. The lowest BCUT2D eigenvalue weighted by molar-refractivity contribution is 0.0729. The van der Waals surface area contributed by atoms with Crippen molar-refractivity contribution in [3.8, 4) is 0 Å². The van der Waals surface area contributed by atoms with Crippen molar-refractivity contribution in [3.63, 3.8) is 0 Å².